The van der Waals surface area contributed by atoms with E-state index in [1.807, 2.05) is 32.0 Å². The van der Waals surface area contributed by atoms with Crippen molar-refractivity contribution < 1.29 is 17.9 Å². The molecule has 0 aliphatic rings. The number of hydrogen-bond donors (Lipinski definition) is 2. The number of carbonyl (C=O) groups excluding carboxylic acids is 1. The molecule has 8 heteroatoms. The van der Waals surface area contributed by atoms with Crippen molar-refractivity contribution in [3.8, 4) is 5.75 Å². The van der Waals surface area contributed by atoms with Crippen LogP contribution in [-0.2, 0) is 9.84 Å². The standard InChI is InChI=1S/C26H24N2O4S2/c1-16-12-13-19(14-17(16)2)28-26-25(34(30,31)21-10-5-4-6-11-21)22(27)24(33-26)23(29)18-8-7-9-20(15-18)32-3/h4-15,28H,27H2,1-3H3. The number of nitrogens with two attached hydrogens (primary N) is 1. The van der Waals surface area contributed by atoms with E-state index in [2.05, 4.69) is 5.32 Å². The minimum absolute atomic E-state index is 0.0759. The van der Waals surface area contributed by atoms with Crippen molar-refractivity contribution in [2.75, 3.05) is 18.2 Å². The van der Waals surface area contributed by atoms with Gasteiger partial charge in [0.2, 0.25) is 15.6 Å². The third-order valence-electron chi connectivity index (χ3n) is 5.52. The van der Waals surface area contributed by atoms with Gasteiger partial charge >= 0.3 is 0 Å². The normalized spacial score (nSPS) is 11.3. The summed E-state index contributed by atoms with van der Waals surface area (Å²) in [7, 11) is -2.49. The molecule has 0 fully saturated rings. The number of hydrogen-bond acceptors (Lipinski definition) is 7. The number of methoxy groups -OCH3 is 1. The Labute approximate surface area is 202 Å². The Morgan fingerprint density at radius 1 is 0.941 bits per heavy atom. The first-order valence-electron chi connectivity index (χ1n) is 10.5. The Balaban J connectivity index is 1.88. The van der Waals surface area contributed by atoms with Crippen LogP contribution in [0.25, 0.3) is 0 Å². The maximum Gasteiger partial charge on any atom is 0.211 e. The average Bonchev–Trinajstić information content (AvgIpc) is 3.17. The molecule has 3 N–H and O–H groups in total. The van der Waals surface area contributed by atoms with E-state index in [0.29, 0.717) is 17.0 Å². The molecule has 0 radical (unpaired) electrons. The highest BCUT2D eigenvalue weighted by molar-refractivity contribution is 7.92. The van der Waals surface area contributed by atoms with Crippen molar-refractivity contribution in [1.82, 2.24) is 0 Å². The Morgan fingerprint density at radius 2 is 1.68 bits per heavy atom. The molecule has 4 rings (SSSR count). The van der Waals surface area contributed by atoms with E-state index < -0.39 is 9.84 Å². The molecule has 6 nitrogen and oxygen atoms in total. The van der Waals surface area contributed by atoms with Crippen LogP contribution >= 0.6 is 11.3 Å². The molecule has 4 aromatic rings. The fourth-order valence-electron chi connectivity index (χ4n) is 3.51. The third kappa shape index (κ3) is 4.42. The highest BCUT2D eigenvalue weighted by Crippen LogP contribution is 2.44. The monoisotopic (exact) mass is 492 g/mol. The van der Waals surface area contributed by atoms with Crippen molar-refractivity contribution in [1.29, 1.82) is 0 Å². The summed E-state index contributed by atoms with van der Waals surface area (Å²) in [4.78, 5) is 13.5. The van der Waals surface area contributed by atoms with Gasteiger partial charge in [0.15, 0.2) is 0 Å². The lowest BCUT2D eigenvalue weighted by molar-refractivity contribution is 0.104. The van der Waals surface area contributed by atoms with Crippen LogP contribution in [0.4, 0.5) is 16.4 Å². The van der Waals surface area contributed by atoms with Gasteiger partial charge in [-0.1, -0.05) is 36.4 Å². The van der Waals surface area contributed by atoms with Crippen molar-refractivity contribution in [2.45, 2.75) is 23.6 Å². The van der Waals surface area contributed by atoms with E-state index in [1.54, 1.807) is 42.5 Å². The number of anilines is 3. The molecule has 174 valence electrons. The molecule has 0 aliphatic carbocycles. The van der Waals surface area contributed by atoms with E-state index in [4.69, 9.17) is 10.5 Å². The molecule has 34 heavy (non-hydrogen) atoms. The van der Waals surface area contributed by atoms with E-state index in [9.17, 15) is 13.2 Å². The maximum absolute atomic E-state index is 13.6. The van der Waals surface area contributed by atoms with Crippen LogP contribution < -0.4 is 15.8 Å². The van der Waals surface area contributed by atoms with E-state index in [0.717, 1.165) is 22.5 Å². The number of rotatable bonds is 7. The van der Waals surface area contributed by atoms with Gasteiger partial charge in [0.05, 0.1) is 17.7 Å². The van der Waals surface area contributed by atoms with Crippen molar-refractivity contribution in [3.63, 3.8) is 0 Å². The molecule has 0 saturated heterocycles. The zero-order chi connectivity index (χ0) is 24.5. The van der Waals surface area contributed by atoms with Gasteiger partial charge in [0.1, 0.15) is 20.5 Å². The fourth-order valence-corrected chi connectivity index (χ4v) is 6.46. The van der Waals surface area contributed by atoms with Crippen LogP contribution in [-0.4, -0.2) is 21.3 Å². The number of ketones is 1. The van der Waals surface area contributed by atoms with E-state index in [1.165, 1.54) is 19.2 Å². The lowest BCUT2D eigenvalue weighted by Crippen LogP contribution is -2.08. The summed E-state index contributed by atoms with van der Waals surface area (Å²) in [6.07, 6.45) is 0. The van der Waals surface area contributed by atoms with Gasteiger partial charge in [-0.05, 0) is 61.4 Å². The van der Waals surface area contributed by atoms with Gasteiger partial charge in [-0.2, -0.15) is 0 Å². The first-order valence-corrected chi connectivity index (χ1v) is 12.8. The zero-order valence-electron chi connectivity index (χ0n) is 19.0. The summed E-state index contributed by atoms with van der Waals surface area (Å²) in [6, 6.07) is 20.5. The SMILES string of the molecule is COc1cccc(C(=O)c2sc(Nc3ccc(C)c(C)c3)c(S(=O)(=O)c3ccccc3)c2N)c1. The quantitative estimate of drug-likeness (QED) is 0.318. The average molecular weight is 493 g/mol. The molecule has 0 aliphatic heterocycles. The lowest BCUT2D eigenvalue weighted by Gasteiger charge is -2.11. The summed E-state index contributed by atoms with van der Waals surface area (Å²) >= 11 is 1.02. The Hall–Kier alpha value is -3.62. The number of ether oxygens (including phenoxy) is 1. The number of carbonyl (C=O) groups is 1. The predicted molar refractivity (Wildman–Crippen MR) is 136 cm³/mol. The Bertz CT molecular complexity index is 1480. The highest BCUT2D eigenvalue weighted by Gasteiger charge is 2.31. The molecule has 1 heterocycles. The predicted octanol–water partition coefficient (Wildman–Crippen LogP) is 5.76. The molecule has 3 aromatic carbocycles. The number of benzene rings is 3. The summed E-state index contributed by atoms with van der Waals surface area (Å²) in [5.74, 6) is 0.144. The minimum Gasteiger partial charge on any atom is -0.497 e. The van der Waals surface area contributed by atoms with Gasteiger partial charge in [-0.15, -0.1) is 11.3 Å². The molecule has 1 aromatic heterocycles. The van der Waals surface area contributed by atoms with Crippen LogP contribution in [0, 0.1) is 13.8 Å². The molecule has 0 spiro atoms. The summed E-state index contributed by atoms with van der Waals surface area (Å²) in [5.41, 5.74) is 9.53. The van der Waals surface area contributed by atoms with Crippen molar-refractivity contribution in [2.24, 2.45) is 0 Å². The molecule has 0 amide bonds. The van der Waals surface area contributed by atoms with Crippen molar-refractivity contribution in [3.05, 3.63) is 94.4 Å². The molecule has 0 saturated carbocycles. The molecular formula is C26H24N2O4S2. The van der Waals surface area contributed by atoms with Crippen molar-refractivity contribution >= 4 is 43.3 Å². The summed E-state index contributed by atoms with van der Waals surface area (Å²) in [6.45, 7) is 3.97. The Morgan fingerprint density at radius 3 is 2.35 bits per heavy atom. The molecule has 0 bridgehead atoms. The largest absolute Gasteiger partial charge is 0.497 e. The first kappa shape index (κ1) is 23.5. The minimum atomic E-state index is -4.00. The van der Waals surface area contributed by atoms with Crippen LogP contribution in [0.1, 0.15) is 26.4 Å². The number of thiophene rings is 1. The highest BCUT2D eigenvalue weighted by atomic mass is 32.2. The molecule has 0 atom stereocenters. The Kier molecular flexibility index (Phi) is 6.45. The molecule has 0 unspecified atom stereocenters. The second-order valence-electron chi connectivity index (χ2n) is 7.80. The third-order valence-corrected chi connectivity index (χ3v) is 8.63. The van der Waals surface area contributed by atoms with Gasteiger partial charge < -0.3 is 15.8 Å². The number of aryl methyl sites for hydroxylation is 2. The number of sulfone groups is 1. The van der Waals surface area contributed by atoms with Gasteiger partial charge in [-0.25, -0.2) is 8.42 Å². The summed E-state index contributed by atoms with van der Waals surface area (Å²) in [5, 5.41) is 3.48. The van der Waals surface area contributed by atoms with Gasteiger partial charge in [0, 0.05) is 11.3 Å². The van der Waals surface area contributed by atoms with Crippen LogP contribution in [0.15, 0.2) is 82.6 Å². The van der Waals surface area contributed by atoms with Crippen LogP contribution in [0.5, 0.6) is 5.75 Å². The van der Waals surface area contributed by atoms with Crippen LogP contribution in [0.3, 0.4) is 0 Å². The van der Waals surface area contributed by atoms with Gasteiger partial charge in [-0.3, -0.25) is 4.79 Å². The smallest absolute Gasteiger partial charge is 0.211 e. The maximum atomic E-state index is 13.6. The van der Waals surface area contributed by atoms with E-state index >= 15 is 0 Å². The second kappa shape index (κ2) is 9.32. The second-order valence-corrected chi connectivity index (χ2v) is 10.7. The number of nitrogen functional groups attached to an aromatic ring is 1. The topological polar surface area (TPSA) is 98.5 Å². The first-order chi connectivity index (χ1) is 16.2. The number of nitrogens with one attached hydrogen (secondary N) is 1. The lowest BCUT2D eigenvalue weighted by atomic mass is 10.1. The molecular weight excluding hydrogens is 468 g/mol. The van der Waals surface area contributed by atoms with E-state index in [-0.39, 0.29) is 31.1 Å². The zero-order valence-corrected chi connectivity index (χ0v) is 20.6. The van der Waals surface area contributed by atoms with Crippen LogP contribution in [0.2, 0.25) is 0 Å². The summed E-state index contributed by atoms with van der Waals surface area (Å²) < 4.78 is 32.5. The van der Waals surface area contributed by atoms with Gasteiger partial charge in [0.25, 0.3) is 0 Å². The fraction of sp³-hybridized carbons (Fsp3) is 0.115.